The van der Waals surface area contributed by atoms with Crippen molar-refractivity contribution in [2.45, 2.75) is 44.4 Å². The number of nitrogens with one attached hydrogen (secondary N) is 2. The molecule has 2 aliphatic rings. The number of hydrogen-bond acceptors (Lipinski definition) is 4. The van der Waals surface area contributed by atoms with Crippen LogP contribution in [0, 0.1) is 0 Å². The molecule has 0 spiro atoms. The van der Waals surface area contributed by atoms with Crippen LogP contribution in [-0.2, 0) is 11.3 Å². The minimum atomic E-state index is -0.312. The predicted molar refractivity (Wildman–Crippen MR) is 137 cm³/mol. The number of H-pyrrole nitrogens is 1. The van der Waals surface area contributed by atoms with Gasteiger partial charge in [-0.05, 0) is 66.6 Å². The van der Waals surface area contributed by atoms with E-state index in [1.54, 1.807) is 4.90 Å². The molecule has 1 aromatic heterocycles. The van der Waals surface area contributed by atoms with Crippen LogP contribution in [0.5, 0.6) is 0 Å². The number of imidazole rings is 1. The number of likely N-dealkylation sites (tertiary alicyclic amines) is 1. The van der Waals surface area contributed by atoms with Crippen LogP contribution < -0.4 is 5.32 Å². The van der Waals surface area contributed by atoms with Gasteiger partial charge in [0.2, 0.25) is 0 Å². The Kier molecular flexibility index (Phi) is 5.89. The lowest BCUT2D eigenvalue weighted by molar-refractivity contribution is 0.0909. The Hall–Kier alpha value is -4.13. The van der Waals surface area contributed by atoms with Crippen LogP contribution in [0.25, 0.3) is 22.2 Å². The van der Waals surface area contributed by atoms with Crippen molar-refractivity contribution in [3.05, 3.63) is 89.7 Å². The number of rotatable bonds is 6. The lowest BCUT2D eigenvalue weighted by atomic mass is 10.0. The minimum Gasteiger partial charge on any atom is -0.445 e. The summed E-state index contributed by atoms with van der Waals surface area (Å²) in [7, 11) is 0. The first kappa shape index (κ1) is 22.3. The van der Waals surface area contributed by atoms with Crippen molar-refractivity contribution >= 4 is 23.0 Å². The SMILES string of the molecule is O=C(NC1CC1)c1ccc(-c2ccc3nc(C4CCCN4C(=O)OCc4ccccc4)[nH]c3c2)cc1. The van der Waals surface area contributed by atoms with Crippen LogP contribution >= 0.6 is 0 Å². The molecule has 6 rings (SSSR count). The second-order valence-corrected chi connectivity index (χ2v) is 9.57. The number of carbonyl (C=O) groups is 2. The van der Waals surface area contributed by atoms with Gasteiger partial charge in [-0.2, -0.15) is 0 Å². The molecular formula is C29H28N4O3. The molecular weight excluding hydrogens is 452 g/mol. The van der Waals surface area contributed by atoms with Gasteiger partial charge in [-0.3, -0.25) is 9.69 Å². The largest absolute Gasteiger partial charge is 0.445 e. The molecule has 2 fully saturated rings. The third-order valence-electron chi connectivity index (χ3n) is 6.90. The van der Waals surface area contributed by atoms with Gasteiger partial charge in [-0.15, -0.1) is 0 Å². The third-order valence-corrected chi connectivity index (χ3v) is 6.90. The first-order chi connectivity index (χ1) is 17.6. The highest BCUT2D eigenvalue weighted by atomic mass is 16.6. The fourth-order valence-corrected chi connectivity index (χ4v) is 4.75. The Morgan fingerprint density at radius 3 is 2.53 bits per heavy atom. The highest BCUT2D eigenvalue weighted by molar-refractivity contribution is 5.95. The summed E-state index contributed by atoms with van der Waals surface area (Å²) in [4.78, 5) is 35.1. The Labute approximate surface area is 209 Å². The van der Waals surface area contributed by atoms with E-state index in [4.69, 9.17) is 9.72 Å². The summed E-state index contributed by atoms with van der Waals surface area (Å²) in [6.45, 7) is 0.911. The molecule has 7 nitrogen and oxygen atoms in total. The summed E-state index contributed by atoms with van der Waals surface area (Å²) < 4.78 is 5.58. The molecule has 36 heavy (non-hydrogen) atoms. The number of ether oxygens (including phenoxy) is 1. The van der Waals surface area contributed by atoms with Crippen molar-refractivity contribution in [2.75, 3.05) is 6.54 Å². The zero-order valence-electron chi connectivity index (χ0n) is 19.9. The van der Waals surface area contributed by atoms with Crippen LogP contribution in [0.15, 0.2) is 72.8 Å². The van der Waals surface area contributed by atoms with Crippen LogP contribution in [-0.4, -0.2) is 39.5 Å². The molecule has 2 heterocycles. The van der Waals surface area contributed by atoms with Gasteiger partial charge in [-0.25, -0.2) is 9.78 Å². The number of aromatic amines is 1. The number of nitrogens with zero attached hydrogens (tertiary/aromatic N) is 2. The summed E-state index contributed by atoms with van der Waals surface area (Å²) in [5, 5.41) is 3.02. The first-order valence-electron chi connectivity index (χ1n) is 12.5. The molecule has 1 aliphatic heterocycles. The van der Waals surface area contributed by atoms with Crippen molar-refractivity contribution in [2.24, 2.45) is 0 Å². The van der Waals surface area contributed by atoms with E-state index in [0.717, 1.165) is 59.2 Å². The molecule has 1 unspecified atom stereocenters. The Bertz CT molecular complexity index is 1390. The number of hydrogen-bond donors (Lipinski definition) is 2. The zero-order chi connectivity index (χ0) is 24.5. The molecule has 0 radical (unpaired) electrons. The van der Waals surface area contributed by atoms with E-state index < -0.39 is 0 Å². The molecule has 7 heteroatoms. The Balaban J connectivity index is 1.17. The van der Waals surface area contributed by atoms with Crippen LogP contribution in [0.1, 0.15) is 53.5 Å². The van der Waals surface area contributed by atoms with Crippen molar-refractivity contribution in [1.82, 2.24) is 20.2 Å². The molecule has 1 saturated carbocycles. The van der Waals surface area contributed by atoms with E-state index in [9.17, 15) is 9.59 Å². The smallest absolute Gasteiger partial charge is 0.410 e. The quantitative estimate of drug-likeness (QED) is 0.376. The van der Waals surface area contributed by atoms with Gasteiger partial charge in [-0.1, -0.05) is 48.5 Å². The average Bonchev–Trinajstić information content (AvgIpc) is 3.41. The summed E-state index contributed by atoms with van der Waals surface area (Å²) >= 11 is 0. The standard InChI is InChI=1S/C29H28N4O3/c34-28(30-23-13-14-23)21-10-8-20(9-11-21)22-12-15-24-25(17-22)32-27(31-24)26-7-4-16-33(26)29(35)36-18-19-5-2-1-3-6-19/h1-3,5-6,8-12,15,17,23,26H,4,7,13-14,16,18H2,(H,30,34)(H,31,32). The van der Waals surface area contributed by atoms with E-state index in [1.165, 1.54) is 0 Å². The van der Waals surface area contributed by atoms with Crippen LogP contribution in [0.4, 0.5) is 4.79 Å². The summed E-state index contributed by atoms with van der Waals surface area (Å²) in [6, 6.07) is 23.7. The summed E-state index contributed by atoms with van der Waals surface area (Å²) in [5.74, 6) is 0.768. The van der Waals surface area contributed by atoms with Crippen molar-refractivity contribution in [1.29, 1.82) is 0 Å². The highest BCUT2D eigenvalue weighted by Gasteiger charge is 2.33. The van der Waals surface area contributed by atoms with Gasteiger partial charge < -0.3 is 15.0 Å². The van der Waals surface area contributed by atoms with Gasteiger partial charge in [0.15, 0.2) is 0 Å². The van der Waals surface area contributed by atoms with E-state index in [2.05, 4.69) is 16.4 Å². The fourth-order valence-electron chi connectivity index (χ4n) is 4.75. The molecule has 2 amide bonds. The lowest BCUT2D eigenvalue weighted by Gasteiger charge is -2.22. The molecule has 1 atom stereocenters. The van der Waals surface area contributed by atoms with Gasteiger partial charge >= 0.3 is 6.09 Å². The van der Waals surface area contributed by atoms with Gasteiger partial charge in [0.25, 0.3) is 5.91 Å². The molecule has 0 bridgehead atoms. The number of benzene rings is 3. The Morgan fingerprint density at radius 2 is 1.75 bits per heavy atom. The molecule has 1 aliphatic carbocycles. The van der Waals surface area contributed by atoms with Crippen LogP contribution in [0.3, 0.4) is 0 Å². The summed E-state index contributed by atoms with van der Waals surface area (Å²) in [5.41, 5.74) is 5.49. The van der Waals surface area contributed by atoms with Gasteiger partial charge in [0.05, 0.1) is 17.1 Å². The first-order valence-corrected chi connectivity index (χ1v) is 12.5. The minimum absolute atomic E-state index is 0.0128. The van der Waals surface area contributed by atoms with Gasteiger partial charge in [0, 0.05) is 18.2 Å². The predicted octanol–water partition coefficient (Wildman–Crippen LogP) is 5.60. The lowest BCUT2D eigenvalue weighted by Crippen LogP contribution is -2.31. The van der Waals surface area contributed by atoms with Gasteiger partial charge in [0.1, 0.15) is 12.4 Å². The van der Waals surface area contributed by atoms with E-state index in [1.807, 2.05) is 66.7 Å². The number of carbonyl (C=O) groups excluding carboxylic acids is 2. The van der Waals surface area contributed by atoms with Crippen molar-refractivity contribution in [3.8, 4) is 11.1 Å². The van der Waals surface area contributed by atoms with Crippen molar-refractivity contribution in [3.63, 3.8) is 0 Å². The second-order valence-electron chi connectivity index (χ2n) is 9.57. The molecule has 4 aromatic rings. The number of fused-ring (bicyclic) bond motifs is 1. The van der Waals surface area contributed by atoms with E-state index in [-0.39, 0.29) is 24.6 Å². The molecule has 182 valence electrons. The topological polar surface area (TPSA) is 87.3 Å². The zero-order valence-corrected chi connectivity index (χ0v) is 19.9. The maximum Gasteiger partial charge on any atom is 0.410 e. The van der Waals surface area contributed by atoms with E-state index in [0.29, 0.717) is 18.2 Å². The normalized spacial score (nSPS) is 17.3. The third kappa shape index (κ3) is 4.69. The highest BCUT2D eigenvalue weighted by Crippen LogP contribution is 2.33. The maximum absolute atomic E-state index is 12.8. The molecule has 1 saturated heterocycles. The monoisotopic (exact) mass is 480 g/mol. The molecule has 3 aromatic carbocycles. The van der Waals surface area contributed by atoms with Crippen LogP contribution in [0.2, 0.25) is 0 Å². The molecule has 2 N–H and O–H groups in total. The second kappa shape index (κ2) is 9.49. The Morgan fingerprint density at radius 1 is 0.972 bits per heavy atom. The number of amides is 2. The fraction of sp³-hybridized carbons (Fsp3) is 0.276. The number of aromatic nitrogens is 2. The van der Waals surface area contributed by atoms with E-state index >= 15 is 0 Å². The maximum atomic E-state index is 12.8. The summed E-state index contributed by atoms with van der Waals surface area (Å²) in [6.07, 6.45) is 3.59. The average molecular weight is 481 g/mol. The van der Waals surface area contributed by atoms with Crippen molar-refractivity contribution < 1.29 is 14.3 Å².